The summed E-state index contributed by atoms with van der Waals surface area (Å²) in [5.74, 6) is 0. The van der Waals surface area contributed by atoms with Gasteiger partial charge in [0.25, 0.3) is 6.43 Å². The first-order valence-electron chi connectivity index (χ1n) is 2.69. The molecular weight excluding hydrogens is 190 g/mol. The average Bonchev–Trinajstić information content (AvgIpc) is 1.82. The van der Waals surface area contributed by atoms with Crippen molar-refractivity contribution in [2.24, 2.45) is 0 Å². The minimum absolute atomic E-state index is 0.162. The fourth-order valence-corrected chi connectivity index (χ4v) is 0.600. The van der Waals surface area contributed by atoms with Gasteiger partial charge in [-0.05, 0) is 18.9 Å². The molecule has 9 heavy (non-hydrogen) atoms. The lowest BCUT2D eigenvalue weighted by Crippen LogP contribution is -1.91. The summed E-state index contributed by atoms with van der Waals surface area (Å²) < 4.78 is 23.3. The molecule has 0 spiro atoms. The summed E-state index contributed by atoms with van der Waals surface area (Å²) in [7, 11) is 0. The highest BCUT2D eigenvalue weighted by atomic mass is 79.9. The maximum absolute atomic E-state index is 11.7. The Hall–Kier alpha value is 0.0800. The van der Waals surface area contributed by atoms with Crippen LogP contribution in [0.3, 0.4) is 0 Å². The van der Waals surface area contributed by atoms with Crippen LogP contribution in [0.5, 0.6) is 0 Å². The highest BCUT2D eigenvalue weighted by Crippen LogP contribution is 2.07. The first kappa shape index (κ1) is 9.08. The summed E-state index contributed by atoms with van der Waals surface area (Å²) in [6, 6.07) is 0. The molecule has 0 amide bonds. The molecule has 3 heteroatoms. The molecule has 0 saturated carbocycles. The Labute approximate surface area is 62.1 Å². The first-order valence-corrected chi connectivity index (χ1v) is 3.81. The third kappa shape index (κ3) is 4.58. The monoisotopic (exact) mass is 198 g/mol. The first-order chi connectivity index (χ1) is 4.18. The van der Waals surface area contributed by atoms with Gasteiger partial charge in [0.15, 0.2) is 0 Å². The van der Waals surface area contributed by atoms with Crippen molar-refractivity contribution in [2.75, 3.05) is 5.33 Å². The second kappa shape index (κ2) is 4.91. The summed E-state index contributed by atoms with van der Waals surface area (Å²) in [6.45, 7) is 1.44. The van der Waals surface area contributed by atoms with E-state index in [4.69, 9.17) is 0 Å². The molecule has 0 N–H and O–H groups in total. The molecule has 54 valence electrons. The lowest BCUT2D eigenvalue weighted by atomic mass is 10.2. The van der Waals surface area contributed by atoms with Crippen LogP contribution in [0.4, 0.5) is 8.78 Å². The molecule has 0 aliphatic carbocycles. The van der Waals surface area contributed by atoms with E-state index in [1.165, 1.54) is 6.92 Å². The van der Waals surface area contributed by atoms with Gasteiger partial charge in [-0.1, -0.05) is 22.0 Å². The quantitative estimate of drug-likeness (QED) is 0.484. The van der Waals surface area contributed by atoms with Crippen LogP contribution in [-0.4, -0.2) is 11.8 Å². The van der Waals surface area contributed by atoms with E-state index in [0.29, 0.717) is 6.42 Å². The van der Waals surface area contributed by atoms with E-state index in [2.05, 4.69) is 15.9 Å². The van der Waals surface area contributed by atoms with Gasteiger partial charge in [-0.3, -0.25) is 0 Å². The summed E-state index contributed by atoms with van der Waals surface area (Å²) in [5.41, 5.74) is 0.162. The van der Waals surface area contributed by atoms with E-state index < -0.39 is 6.43 Å². The zero-order chi connectivity index (χ0) is 7.28. The van der Waals surface area contributed by atoms with Gasteiger partial charge >= 0.3 is 0 Å². The third-order valence-electron chi connectivity index (χ3n) is 0.920. The van der Waals surface area contributed by atoms with Gasteiger partial charge in [-0.15, -0.1) is 0 Å². The van der Waals surface area contributed by atoms with Gasteiger partial charge in [0.1, 0.15) is 0 Å². The van der Waals surface area contributed by atoms with Crippen LogP contribution in [0.2, 0.25) is 0 Å². The van der Waals surface area contributed by atoms with E-state index in [0.717, 1.165) is 5.33 Å². The van der Waals surface area contributed by atoms with Gasteiger partial charge in [0.2, 0.25) is 0 Å². The Balaban J connectivity index is 3.55. The fourth-order valence-electron chi connectivity index (χ4n) is 0.371. The van der Waals surface area contributed by atoms with Gasteiger partial charge in [0.05, 0.1) is 0 Å². The molecule has 0 aromatic heterocycles. The van der Waals surface area contributed by atoms with E-state index in [9.17, 15) is 8.78 Å². The molecule has 0 aromatic rings. The molecule has 0 heterocycles. The molecular formula is C6H9BrF2. The number of hydrogen-bond donors (Lipinski definition) is 0. The topological polar surface area (TPSA) is 0 Å². The van der Waals surface area contributed by atoms with Crippen LogP contribution in [0.25, 0.3) is 0 Å². The smallest absolute Gasteiger partial charge is 0.205 e. The number of hydrogen-bond acceptors (Lipinski definition) is 0. The van der Waals surface area contributed by atoms with Gasteiger partial charge < -0.3 is 0 Å². The predicted octanol–water partition coefficient (Wildman–Crippen LogP) is 2.98. The second-order valence-electron chi connectivity index (χ2n) is 1.73. The highest BCUT2D eigenvalue weighted by Gasteiger charge is 2.02. The van der Waals surface area contributed by atoms with Crippen molar-refractivity contribution in [3.05, 3.63) is 11.6 Å². The van der Waals surface area contributed by atoms with Crippen molar-refractivity contribution in [3.8, 4) is 0 Å². The van der Waals surface area contributed by atoms with Crippen LogP contribution in [0.1, 0.15) is 13.3 Å². The number of alkyl halides is 3. The summed E-state index contributed by atoms with van der Waals surface area (Å²) in [4.78, 5) is 0. The molecule has 0 nitrogen and oxygen atoms in total. The Bertz CT molecular complexity index is 99.2. The van der Waals surface area contributed by atoms with Crippen molar-refractivity contribution >= 4 is 15.9 Å². The van der Waals surface area contributed by atoms with Crippen LogP contribution in [-0.2, 0) is 0 Å². The van der Waals surface area contributed by atoms with Crippen molar-refractivity contribution in [1.82, 2.24) is 0 Å². The van der Waals surface area contributed by atoms with Crippen LogP contribution in [0, 0.1) is 0 Å². The van der Waals surface area contributed by atoms with Crippen molar-refractivity contribution in [3.63, 3.8) is 0 Å². The molecule has 0 radical (unpaired) electrons. The maximum atomic E-state index is 11.7. The molecule has 0 bridgehead atoms. The molecule has 0 atom stereocenters. The third-order valence-corrected chi connectivity index (χ3v) is 1.38. The van der Waals surface area contributed by atoms with Gasteiger partial charge in [0, 0.05) is 5.33 Å². The van der Waals surface area contributed by atoms with Gasteiger partial charge in [-0.25, -0.2) is 8.78 Å². The zero-order valence-corrected chi connectivity index (χ0v) is 6.79. The normalized spacial score (nSPS) is 12.8. The standard InChI is InChI=1S/C6H9BrF2/c1-5(6(8)9)3-2-4-7/h3,6H,2,4H2,1H3/b5-3+. The van der Waals surface area contributed by atoms with Crippen LogP contribution in [0.15, 0.2) is 11.6 Å². The zero-order valence-electron chi connectivity index (χ0n) is 5.20. The largest absolute Gasteiger partial charge is 0.259 e. The van der Waals surface area contributed by atoms with Crippen molar-refractivity contribution < 1.29 is 8.78 Å². The molecule has 0 unspecified atom stereocenters. The fraction of sp³-hybridized carbons (Fsp3) is 0.667. The van der Waals surface area contributed by atoms with Crippen molar-refractivity contribution in [1.29, 1.82) is 0 Å². The minimum Gasteiger partial charge on any atom is -0.205 e. The lowest BCUT2D eigenvalue weighted by Gasteiger charge is -1.95. The maximum Gasteiger partial charge on any atom is 0.259 e. The Morgan fingerprint density at radius 3 is 2.56 bits per heavy atom. The Morgan fingerprint density at radius 2 is 2.22 bits per heavy atom. The number of rotatable bonds is 3. The number of allylic oxidation sites excluding steroid dienone is 2. The summed E-state index contributed by atoms with van der Waals surface area (Å²) in [5, 5.41) is 0.747. The predicted molar refractivity (Wildman–Crippen MR) is 38.2 cm³/mol. The van der Waals surface area contributed by atoms with Gasteiger partial charge in [-0.2, -0.15) is 0 Å². The van der Waals surface area contributed by atoms with E-state index in [1.807, 2.05) is 0 Å². The number of halogens is 3. The Kier molecular flexibility index (Phi) is 4.96. The van der Waals surface area contributed by atoms with Crippen LogP contribution >= 0.6 is 15.9 Å². The Morgan fingerprint density at radius 1 is 1.67 bits per heavy atom. The molecule has 0 aliphatic heterocycles. The van der Waals surface area contributed by atoms with Crippen molar-refractivity contribution in [2.45, 2.75) is 19.8 Å². The highest BCUT2D eigenvalue weighted by molar-refractivity contribution is 9.09. The molecule has 0 fully saturated rings. The summed E-state index contributed by atoms with van der Waals surface area (Å²) >= 11 is 3.14. The minimum atomic E-state index is -2.29. The molecule has 0 rings (SSSR count). The second-order valence-corrected chi connectivity index (χ2v) is 2.52. The molecule has 0 saturated heterocycles. The van der Waals surface area contributed by atoms with E-state index in [1.54, 1.807) is 6.08 Å². The molecule has 0 aromatic carbocycles. The lowest BCUT2D eigenvalue weighted by molar-refractivity contribution is 0.189. The van der Waals surface area contributed by atoms with E-state index >= 15 is 0 Å². The SMILES string of the molecule is C/C(=C\CCBr)C(F)F. The average molecular weight is 199 g/mol. The van der Waals surface area contributed by atoms with Crippen LogP contribution < -0.4 is 0 Å². The molecule has 0 aliphatic rings. The van der Waals surface area contributed by atoms with E-state index in [-0.39, 0.29) is 5.57 Å². The summed E-state index contributed by atoms with van der Waals surface area (Å²) in [6.07, 6.45) is -0.0701.